The first-order valence-electron chi connectivity index (χ1n) is 8.84. The Kier molecular flexibility index (Phi) is 8.11. The molecule has 6 heteroatoms. The quantitative estimate of drug-likeness (QED) is 0.717. The Morgan fingerprint density at radius 1 is 0.800 bits per heavy atom. The number of nitrogens with one attached hydrogen (secondary N) is 2. The summed E-state index contributed by atoms with van der Waals surface area (Å²) in [7, 11) is 0. The third-order valence-corrected chi connectivity index (χ3v) is 4.42. The summed E-state index contributed by atoms with van der Waals surface area (Å²) < 4.78 is 0. The van der Waals surface area contributed by atoms with E-state index in [2.05, 4.69) is 10.6 Å². The van der Waals surface area contributed by atoms with Gasteiger partial charge in [0.25, 0.3) is 0 Å². The van der Waals surface area contributed by atoms with Crippen molar-refractivity contribution in [1.29, 1.82) is 0 Å². The van der Waals surface area contributed by atoms with Gasteiger partial charge in [-0.1, -0.05) is 27.7 Å². The SMILES string of the molecule is CCC(CC)C(=O)Nc1cc(NC(=O)C(CC)CC)cc(C(=O)[O-])c1. The van der Waals surface area contributed by atoms with Gasteiger partial charge in [-0.25, -0.2) is 0 Å². The third-order valence-electron chi connectivity index (χ3n) is 4.42. The molecule has 1 aromatic carbocycles. The zero-order valence-electron chi connectivity index (χ0n) is 15.3. The van der Waals surface area contributed by atoms with E-state index in [-0.39, 0.29) is 29.2 Å². The molecule has 0 spiro atoms. The first kappa shape index (κ1) is 20.7. The second kappa shape index (κ2) is 9.81. The lowest BCUT2D eigenvalue weighted by atomic mass is 10.0. The molecule has 0 aromatic heterocycles. The number of hydrogen-bond acceptors (Lipinski definition) is 4. The molecule has 0 radical (unpaired) electrons. The van der Waals surface area contributed by atoms with Crippen molar-refractivity contribution in [3.05, 3.63) is 23.8 Å². The molecule has 0 saturated heterocycles. The topological polar surface area (TPSA) is 98.3 Å². The number of aromatic carboxylic acids is 1. The van der Waals surface area contributed by atoms with E-state index in [9.17, 15) is 19.5 Å². The molecule has 0 aliphatic carbocycles. The fraction of sp³-hybridized carbons (Fsp3) is 0.526. The predicted molar refractivity (Wildman–Crippen MR) is 96.2 cm³/mol. The maximum Gasteiger partial charge on any atom is 0.227 e. The summed E-state index contributed by atoms with van der Waals surface area (Å²) in [5.74, 6) is -1.99. The summed E-state index contributed by atoms with van der Waals surface area (Å²) >= 11 is 0. The third kappa shape index (κ3) is 5.89. The largest absolute Gasteiger partial charge is 0.545 e. The molecule has 0 aliphatic heterocycles. The van der Waals surface area contributed by atoms with Crippen LogP contribution >= 0.6 is 0 Å². The molecule has 138 valence electrons. The molecular formula is C19H27N2O4-. The summed E-state index contributed by atoms with van der Waals surface area (Å²) in [5.41, 5.74) is 0.569. The lowest BCUT2D eigenvalue weighted by Crippen LogP contribution is -2.25. The number of carbonyl (C=O) groups is 3. The highest BCUT2D eigenvalue weighted by molar-refractivity contribution is 5.98. The van der Waals surface area contributed by atoms with Crippen LogP contribution in [0.4, 0.5) is 11.4 Å². The van der Waals surface area contributed by atoms with Gasteiger partial charge in [0.05, 0.1) is 5.97 Å². The van der Waals surface area contributed by atoms with Crippen molar-refractivity contribution in [2.45, 2.75) is 53.4 Å². The Bertz CT molecular complexity index is 576. The van der Waals surface area contributed by atoms with Crippen molar-refractivity contribution < 1.29 is 19.5 Å². The molecule has 0 fully saturated rings. The summed E-state index contributed by atoms with van der Waals surface area (Å²) in [4.78, 5) is 35.7. The van der Waals surface area contributed by atoms with Gasteiger partial charge in [-0.15, -0.1) is 0 Å². The zero-order chi connectivity index (χ0) is 19.0. The van der Waals surface area contributed by atoms with Crippen LogP contribution in [0.15, 0.2) is 18.2 Å². The van der Waals surface area contributed by atoms with Crippen LogP contribution < -0.4 is 15.7 Å². The van der Waals surface area contributed by atoms with E-state index in [4.69, 9.17) is 0 Å². The molecular weight excluding hydrogens is 320 g/mol. The second-order valence-corrected chi connectivity index (χ2v) is 6.09. The van der Waals surface area contributed by atoms with Crippen molar-refractivity contribution in [1.82, 2.24) is 0 Å². The minimum Gasteiger partial charge on any atom is -0.545 e. The number of carbonyl (C=O) groups excluding carboxylic acids is 3. The van der Waals surface area contributed by atoms with Gasteiger partial charge in [0.1, 0.15) is 0 Å². The first-order chi connectivity index (χ1) is 11.9. The second-order valence-electron chi connectivity index (χ2n) is 6.09. The van der Waals surface area contributed by atoms with Gasteiger partial charge >= 0.3 is 0 Å². The molecule has 0 bridgehead atoms. The molecule has 0 heterocycles. The number of hydrogen-bond donors (Lipinski definition) is 2. The molecule has 0 unspecified atom stereocenters. The molecule has 0 aliphatic rings. The molecule has 25 heavy (non-hydrogen) atoms. The van der Waals surface area contributed by atoms with Crippen LogP contribution in [0.3, 0.4) is 0 Å². The highest BCUT2D eigenvalue weighted by Gasteiger charge is 2.17. The van der Waals surface area contributed by atoms with Crippen LogP contribution in [0, 0.1) is 11.8 Å². The van der Waals surface area contributed by atoms with E-state index >= 15 is 0 Å². The highest BCUT2D eigenvalue weighted by atomic mass is 16.4. The number of anilines is 2. The predicted octanol–water partition coefficient (Wildman–Crippen LogP) is 2.80. The van der Waals surface area contributed by atoms with E-state index < -0.39 is 5.97 Å². The Balaban J connectivity index is 3.07. The van der Waals surface area contributed by atoms with E-state index in [1.54, 1.807) is 6.07 Å². The molecule has 1 aromatic rings. The van der Waals surface area contributed by atoms with E-state index in [1.165, 1.54) is 12.1 Å². The van der Waals surface area contributed by atoms with Gasteiger partial charge in [-0.3, -0.25) is 9.59 Å². The highest BCUT2D eigenvalue weighted by Crippen LogP contribution is 2.22. The first-order valence-corrected chi connectivity index (χ1v) is 8.84. The molecule has 0 atom stereocenters. The molecule has 2 N–H and O–H groups in total. The average Bonchev–Trinajstić information content (AvgIpc) is 2.56. The van der Waals surface area contributed by atoms with Crippen molar-refractivity contribution in [3.63, 3.8) is 0 Å². The number of carboxylic acid groups (broad SMARTS) is 1. The lowest BCUT2D eigenvalue weighted by Gasteiger charge is -2.17. The summed E-state index contributed by atoms with van der Waals surface area (Å²) in [5, 5.41) is 16.7. The molecule has 0 saturated carbocycles. The van der Waals surface area contributed by atoms with Gasteiger partial charge < -0.3 is 20.5 Å². The molecule has 6 nitrogen and oxygen atoms in total. The van der Waals surface area contributed by atoms with Crippen molar-refractivity contribution in [2.24, 2.45) is 11.8 Å². The fourth-order valence-electron chi connectivity index (χ4n) is 2.70. The number of benzene rings is 1. The Morgan fingerprint density at radius 3 is 1.44 bits per heavy atom. The maximum atomic E-state index is 12.2. The number of amides is 2. The van der Waals surface area contributed by atoms with Crippen LogP contribution in [0.5, 0.6) is 0 Å². The van der Waals surface area contributed by atoms with Gasteiger partial charge in [-0.2, -0.15) is 0 Å². The number of carboxylic acids is 1. The lowest BCUT2D eigenvalue weighted by molar-refractivity contribution is -0.255. The summed E-state index contributed by atoms with van der Waals surface area (Å²) in [6, 6.07) is 4.23. The Hall–Kier alpha value is -2.37. The van der Waals surface area contributed by atoms with E-state index in [0.717, 1.165) is 0 Å². The normalized spacial score (nSPS) is 10.8. The van der Waals surface area contributed by atoms with Crippen LogP contribution in [0.25, 0.3) is 0 Å². The monoisotopic (exact) mass is 347 g/mol. The maximum absolute atomic E-state index is 12.2. The minimum absolute atomic E-state index is 0.0952. The van der Waals surface area contributed by atoms with Crippen molar-refractivity contribution >= 4 is 29.2 Å². The van der Waals surface area contributed by atoms with Crippen LogP contribution in [-0.2, 0) is 9.59 Å². The van der Waals surface area contributed by atoms with Crippen LogP contribution in [-0.4, -0.2) is 17.8 Å². The summed E-state index contributed by atoms with van der Waals surface area (Å²) in [6.07, 6.45) is 2.78. The van der Waals surface area contributed by atoms with Crippen LogP contribution in [0.2, 0.25) is 0 Å². The average molecular weight is 347 g/mol. The van der Waals surface area contributed by atoms with Gasteiger partial charge in [0, 0.05) is 28.8 Å². The molecule has 2 amide bonds. The Labute approximate surface area is 149 Å². The zero-order valence-corrected chi connectivity index (χ0v) is 15.3. The number of rotatable bonds is 9. The van der Waals surface area contributed by atoms with Gasteiger partial charge in [0.2, 0.25) is 11.8 Å². The van der Waals surface area contributed by atoms with Crippen molar-refractivity contribution in [3.8, 4) is 0 Å². The van der Waals surface area contributed by atoms with Gasteiger partial charge in [-0.05, 0) is 43.9 Å². The standard InChI is InChI=1S/C19H28N2O4/c1-5-12(6-2)17(22)20-15-9-14(19(24)25)10-16(11-15)21-18(23)13(7-3)8-4/h9-13H,5-8H2,1-4H3,(H,20,22)(H,21,23)(H,24,25)/p-1. The summed E-state index contributed by atoms with van der Waals surface area (Å²) in [6.45, 7) is 7.69. The fourth-order valence-corrected chi connectivity index (χ4v) is 2.70. The van der Waals surface area contributed by atoms with Crippen LogP contribution in [0.1, 0.15) is 63.7 Å². The van der Waals surface area contributed by atoms with E-state index in [0.29, 0.717) is 37.1 Å². The minimum atomic E-state index is -1.36. The van der Waals surface area contributed by atoms with Crippen molar-refractivity contribution in [2.75, 3.05) is 10.6 Å². The Morgan fingerprint density at radius 2 is 1.16 bits per heavy atom. The van der Waals surface area contributed by atoms with Gasteiger partial charge in [0.15, 0.2) is 0 Å². The smallest absolute Gasteiger partial charge is 0.227 e. The molecule has 1 rings (SSSR count). The van der Waals surface area contributed by atoms with E-state index in [1.807, 2.05) is 27.7 Å².